The molecule has 0 spiro atoms. The van der Waals surface area contributed by atoms with E-state index in [0.29, 0.717) is 18.5 Å². The second-order valence-corrected chi connectivity index (χ2v) is 6.70. The first kappa shape index (κ1) is 16.6. The largest absolute Gasteiger partial charge is 0.379 e. The van der Waals surface area contributed by atoms with E-state index in [4.69, 9.17) is 22.1 Å². The number of benzene rings is 1. The van der Waals surface area contributed by atoms with E-state index in [1.54, 1.807) is 0 Å². The molecule has 1 atom stereocenters. The molecule has 6 heteroatoms. The first-order chi connectivity index (χ1) is 11.1. The summed E-state index contributed by atoms with van der Waals surface area (Å²) in [4.78, 5) is 9.16. The van der Waals surface area contributed by atoms with Crippen molar-refractivity contribution < 1.29 is 4.74 Å². The Morgan fingerprint density at radius 2 is 2.17 bits per heavy atom. The lowest BCUT2D eigenvalue weighted by Gasteiger charge is -2.34. The van der Waals surface area contributed by atoms with Gasteiger partial charge in [0, 0.05) is 31.2 Å². The molecule has 1 aromatic carbocycles. The summed E-state index contributed by atoms with van der Waals surface area (Å²) >= 11 is 6.18. The van der Waals surface area contributed by atoms with E-state index in [-0.39, 0.29) is 6.04 Å². The molecule has 5 nitrogen and oxygen atoms in total. The lowest BCUT2D eigenvalue weighted by molar-refractivity contribution is 0.0179. The van der Waals surface area contributed by atoms with Gasteiger partial charge in [-0.2, -0.15) is 0 Å². The highest BCUT2D eigenvalue weighted by molar-refractivity contribution is 6.30. The van der Waals surface area contributed by atoms with Crippen molar-refractivity contribution in [3.63, 3.8) is 0 Å². The summed E-state index contributed by atoms with van der Waals surface area (Å²) in [5, 5.41) is 0.757. The first-order valence-electron chi connectivity index (χ1n) is 8.25. The summed E-state index contributed by atoms with van der Waals surface area (Å²) in [6.45, 7) is 3.98. The molecule has 1 saturated heterocycles. The van der Waals surface area contributed by atoms with Gasteiger partial charge in [-0.05, 0) is 30.5 Å². The van der Waals surface area contributed by atoms with Gasteiger partial charge in [0.1, 0.15) is 0 Å². The highest BCUT2D eigenvalue weighted by Gasteiger charge is 2.28. The molecule has 0 bridgehead atoms. The number of halogens is 1. The smallest absolute Gasteiger partial charge is 0.191 e. The minimum atomic E-state index is 0.184. The average Bonchev–Trinajstić information content (AvgIpc) is 3.40. The maximum atomic E-state index is 6.18. The third-order valence-electron chi connectivity index (χ3n) is 4.60. The fourth-order valence-corrected chi connectivity index (χ4v) is 3.17. The molecule has 2 N–H and O–H groups in total. The van der Waals surface area contributed by atoms with E-state index in [1.165, 1.54) is 18.4 Å². The molecule has 1 saturated carbocycles. The molecule has 2 fully saturated rings. The predicted octanol–water partition coefficient (Wildman–Crippen LogP) is 2.12. The Kier molecular flexibility index (Phi) is 5.41. The molecule has 1 aromatic rings. The third-order valence-corrected chi connectivity index (χ3v) is 4.84. The molecule has 1 aliphatic carbocycles. The fraction of sp³-hybridized carbons (Fsp3) is 0.588. The van der Waals surface area contributed by atoms with Gasteiger partial charge < -0.3 is 15.4 Å². The Morgan fingerprint density at radius 1 is 1.43 bits per heavy atom. The molecule has 1 aliphatic heterocycles. The summed E-state index contributed by atoms with van der Waals surface area (Å²) < 4.78 is 5.48. The molecule has 0 amide bonds. The zero-order valence-corrected chi connectivity index (χ0v) is 14.4. The van der Waals surface area contributed by atoms with Gasteiger partial charge >= 0.3 is 0 Å². The van der Waals surface area contributed by atoms with Crippen LogP contribution in [0.3, 0.4) is 0 Å². The standard InChI is InChI=1S/C17H25ClN4O/c1-21(15-5-6-15)17(19)20-12-16(22-7-9-23-10-8-22)13-3-2-4-14(18)11-13/h2-4,11,15-16H,5-10,12H2,1H3,(H2,19,20)/t16-/m0/s1. The Bertz CT molecular complexity index is 555. The van der Waals surface area contributed by atoms with Crippen molar-refractivity contribution in [3.05, 3.63) is 34.9 Å². The number of ether oxygens (including phenoxy) is 1. The lowest BCUT2D eigenvalue weighted by Crippen LogP contribution is -2.41. The van der Waals surface area contributed by atoms with Crippen LogP contribution in [0.5, 0.6) is 0 Å². The van der Waals surface area contributed by atoms with Gasteiger partial charge in [-0.1, -0.05) is 23.7 Å². The van der Waals surface area contributed by atoms with Crippen molar-refractivity contribution >= 4 is 17.6 Å². The van der Waals surface area contributed by atoms with E-state index in [9.17, 15) is 0 Å². The van der Waals surface area contributed by atoms with Crippen LogP contribution in [0.4, 0.5) is 0 Å². The quantitative estimate of drug-likeness (QED) is 0.661. The maximum Gasteiger partial charge on any atom is 0.191 e. The summed E-state index contributed by atoms with van der Waals surface area (Å²) in [7, 11) is 2.03. The van der Waals surface area contributed by atoms with E-state index in [2.05, 4.69) is 20.9 Å². The van der Waals surface area contributed by atoms with E-state index < -0.39 is 0 Å². The first-order valence-corrected chi connectivity index (χ1v) is 8.63. The van der Waals surface area contributed by atoms with Gasteiger partial charge in [0.05, 0.1) is 25.8 Å². The normalized spacial score (nSPS) is 21.2. The van der Waals surface area contributed by atoms with Crippen molar-refractivity contribution in [2.24, 2.45) is 10.7 Å². The third kappa shape index (κ3) is 4.37. The zero-order valence-electron chi connectivity index (χ0n) is 13.6. The van der Waals surface area contributed by atoms with Crippen molar-refractivity contribution in [1.82, 2.24) is 9.80 Å². The van der Waals surface area contributed by atoms with Crippen LogP contribution in [0.2, 0.25) is 5.02 Å². The average molecular weight is 337 g/mol. The second-order valence-electron chi connectivity index (χ2n) is 6.26. The van der Waals surface area contributed by atoms with Gasteiger partial charge in [-0.25, -0.2) is 0 Å². The number of morpholine rings is 1. The van der Waals surface area contributed by atoms with Crippen molar-refractivity contribution in [2.45, 2.75) is 24.9 Å². The number of hydrogen-bond donors (Lipinski definition) is 1. The van der Waals surface area contributed by atoms with Gasteiger partial charge in [-0.15, -0.1) is 0 Å². The molecular formula is C17H25ClN4O. The number of guanidine groups is 1. The molecule has 2 aliphatic rings. The summed E-state index contributed by atoms with van der Waals surface area (Å²) in [6.07, 6.45) is 2.43. The highest BCUT2D eigenvalue weighted by atomic mass is 35.5. The number of nitrogens with zero attached hydrogens (tertiary/aromatic N) is 3. The molecule has 0 unspecified atom stereocenters. The fourth-order valence-electron chi connectivity index (χ4n) is 2.98. The van der Waals surface area contributed by atoms with Crippen LogP contribution in [0, 0.1) is 0 Å². The van der Waals surface area contributed by atoms with Gasteiger partial charge in [0.2, 0.25) is 0 Å². The molecule has 0 radical (unpaired) electrons. The molecule has 0 aromatic heterocycles. The molecule has 3 rings (SSSR count). The van der Waals surface area contributed by atoms with Crippen molar-refractivity contribution in [3.8, 4) is 0 Å². The van der Waals surface area contributed by atoms with E-state index in [0.717, 1.165) is 31.3 Å². The minimum Gasteiger partial charge on any atom is -0.379 e. The van der Waals surface area contributed by atoms with E-state index in [1.807, 2.05) is 25.2 Å². The Balaban J connectivity index is 1.75. The van der Waals surface area contributed by atoms with Crippen LogP contribution >= 0.6 is 11.6 Å². The lowest BCUT2D eigenvalue weighted by atomic mass is 10.0. The summed E-state index contributed by atoms with van der Waals surface area (Å²) in [5.41, 5.74) is 7.34. The summed E-state index contributed by atoms with van der Waals surface area (Å²) in [5.74, 6) is 0.632. The van der Waals surface area contributed by atoms with Crippen LogP contribution in [0.25, 0.3) is 0 Å². The molecule has 23 heavy (non-hydrogen) atoms. The Morgan fingerprint density at radius 3 is 2.83 bits per heavy atom. The highest BCUT2D eigenvalue weighted by Crippen LogP contribution is 2.26. The Labute approximate surface area is 143 Å². The van der Waals surface area contributed by atoms with Crippen LogP contribution in [-0.2, 0) is 4.74 Å². The molecular weight excluding hydrogens is 312 g/mol. The SMILES string of the molecule is CN(C(N)=NC[C@@H](c1cccc(Cl)c1)N1CCOCC1)C1CC1. The molecule has 126 valence electrons. The van der Waals surface area contributed by atoms with Crippen LogP contribution in [0.1, 0.15) is 24.4 Å². The predicted molar refractivity (Wildman–Crippen MR) is 93.9 cm³/mol. The van der Waals surface area contributed by atoms with Crippen molar-refractivity contribution in [2.75, 3.05) is 39.9 Å². The monoisotopic (exact) mass is 336 g/mol. The van der Waals surface area contributed by atoms with Gasteiger partial charge in [-0.3, -0.25) is 9.89 Å². The second kappa shape index (κ2) is 7.51. The van der Waals surface area contributed by atoms with Gasteiger partial charge in [0.25, 0.3) is 0 Å². The van der Waals surface area contributed by atoms with Crippen molar-refractivity contribution in [1.29, 1.82) is 0 Å². The maximum absolute atomic E-state index is 6.18. The van der Waals surface area contributed by atoms with Crippen LogP contribution in [-0.4, -0.2) is 61.7 Å². The minimum absolute atomic E-state index is 0.184. The van der Waals surface area contributed by atoms with Gasteiger partial charge in [0.15, 0.2) is 5.96 Å². The number of aliphatic imine (C=N–C) groups is 1. The topological polar surface area (TPSA) is 54.1 Å². The molecule has 1 heterocycles. The number of rotatable bonds is 5. The van der Waals surface area contributed by atoms with Crippen LogP contribution in [0.15, 0.2) is 29.3 Å². The number of hydrogen-bond acceptors (Lipinski definition) is 3. The summed E-state index contributed by atoms with van der Waals surface area (Å²) in [6, 6.07) is 8.80. The number of nitrogens with two attached hydrogens (primary N) is 1. The Hall–Kier alpha value is -1.30. The zero-order chi connectivity index (χ0) is 16.2. The van der Waals surface area contributed by atoms with E-state index >= 15 is 0 Å². The van der Waals surface area contributed by atoms with Crippen LogP contribution < -0.4 is 5.73 Å².